The van der Waals surface area contributed by atoms with Crippen molar-refractivity contribution in [3.63, 3.8) is 0 Å². The first kappa shape index (κ1) is 14.3. The van der Waals surface area contributed by atoms with Crippen molar-refractivity contribution in [1.82, 2.24) is 4.90 Å². The third-order valence-electron chi connectivity index (χ3n) is 3.00. The second-order valence-electron chi connectivity index (χ2n) is 4.14. The highest BCUT2D eigenvalue weighted by atomic mass is 16.5. The van der Waals surface area contributed by atoms with Crippen molar-refractivity contribution in [1.29, 1.82) is 0 Å². The van der Waals surface area contributed by atoms with Crippen molar-refractivity contribution in [3.05, 3.63) is 23.8 Å². The summed E-state index contributed by atoms with van der Waals surface area (Å²) in [6.07, 6.45) is 0. The lowest BCUT2D eigenvalue weighted by molar-refractivity contribution is -0.119. The predicted molar refractivity (Wildman–Crippen MR) is 69.5 cm³/mol. The Hall–Kier alpha value is -1.75. The van der Waals surface area contributed by atoms with Crippen LogP contribution in [0.3, 0.4) is 0 Å². The molecule has 18 heavy (non-hydrogen) atoms. The fourth-order valence-electron chi connectivity index (χ4n) is 1.89. The molecule has 0 aliphatic carbocycles. The van der Waals surface area contributed by atoms with Crippen LogP contribution in [0.1, 0.15) is 25.5 Å². The van der Waals surface area contributed by atoms with E-state index in [0.29, 0.717) is 12.3 Å². The first-order valence-corrected chi connectivity index (χ1v) is 5.88. The number of aromatic hydroxyl groups is 1. The highest BCUT2D eigenvalue weighted by Gasteiger charge is 2.17. The minimum absolute atomic E-state index is 0.0250. The van der Waals surface area contributed by atoms with Gasteiger partial charge in [-0.05, 0) is 31.2 Å². The number of methoxy groups -OCH3 is 1. The zero-order chi connectivity index (χ0) is 13.7. The van der Waals surface area contributed by atoms with Gasteiger partial charge in [0.2, 0.25) is 5.91 Å². The highest BCUT2D eigenvalue weighted by Crippen LogP contribution is 2.30. The number of nitrogens with two attached hydrogens (primary N) is 1. The summed E-state index contributed by atoms with van der Waals surface area (Å²) in [6.45, 7) is 4.88. The van der Waals surface area contributed by atoms with Crippen LogP contribution in [0, 0.1) is 0 Å². The van der Waals surface area contributed by atoms with Crippen molar-refractivity contribution in [2.45, 2.75) is 19.9 Å². The summed E-state index contributed by atoms with van der Waals surface area (Å²) in [6, 6.07) is 5.19. The Bertz CT molecular complexity index is 421. The van der Waals surface area contributed by atoms with Gasteiger partial charge in [-0.1, -0.05) is 13.0 Å². The fraction of sp³-hybridized carbons (Fsp3) is 0.462. The molecule has 1 rings (SSSR count). The van der Waals surface area contributed by atoms with Crippen molar-refractivity contribution >= 4 is 5.91 Å². The molecule has 1 atom stereocenters. The summed E-state index contributed by atoms with van der Waals surface area (Å²) in [7, 11) is 1.50. The van der Waals surface area contributed by atoms with E-state index in [0.717, 1.165) is 5.56 Å². The van der Waals surface area contributed by atoms with Crippen molar-refractivity contribution in [2.75, 3.05) is 20.2 Å². The molecule has 0 fully saturated rings. The third-order valence-corrected chi connectivity index (χ3v) is 3.00. The molecule has 0 saturated carbocycles. The van der Waals surface area contributed by atoms with Crippen LogP contribution in [0.25, 0.3) is 0 Å². The summed E-state index contributed by atoms with van der Waals surface area (Å²) < 4.78 is 5.07. The van der Waals surface area contributed by atoms with Crippen LogP contribution in [0.5, 0.6) is 11.5 Å². The number of hydrogen-bond acceptors (Lipinski definition) is 4. The van der Waals surface area contributed by atoms with E-state index in [4.69, 9.17) is 10.5 Å². The van der Waals surface area contributed by atoms with E-state index < -0.39 is 0 Å². The van der Waals surface area contributed by atoms with Crippen LogP contribution >= 0.6 is 0 Å². The number of phenolic OH excluding ortho intramolecular Hbond substituents is 1. The van der Waals surface area contributed by atoms with Gasteiger partial charge in [-0.3, -0.25) is 9.69 Å². The molecule has 0 saturated heterocycles. The monoisotopic (exact) mass is 252 g/mol. The normalized spacial score (nSPS) is 12.4. The summed E-state index contributed by atoms with van der Waals surface area (Å²) in [5.74, 6) is 0.176. The molecule has 1 unspecified atom stereocenters. The Morgan fingerprint density at radius 1 is 1.56 bits per heavy atom. The molecule has 5 heteroatoms. The zero-order valence-corrected chi connectivity index (χ0v) is 11.0. The lowest BCUT2D eigenvalue weighted by Gasteiger charge is -2.27. The van der Waals surface area contributed by atoms with E-state index in [1.165, 1.54) is 7.11 Å². The molecule has 0 aliphatic heterocycles. The SMILES string of the molecule is CCN(CC(N)=O)C(C)c1ccc(O)c(OC)c1. The second kappa shape index (κ2) is 6.26. The molecule has 1 amide bonds. The Balaban J connectivity index is 2.94. The van der Waals surface area contributed by atoms with Gasteiger partial charge in [0.15, 0.2) is 11.5 Å². The molecule has 0 bridgehead atoms. The van der Waals surface area contributed by atoms with Crippen LogP contribution in [-0.2, 0) is 4.79 Å². The minimum atomic E-state index is -0.352. The quantitative estimate of drug-likeness (QED) is 0.799. The summed E-state index contributed by atoms with van der Waals surface area (Å²) in [5, 5.41) is 9.55. The molecule has 0 spiro atoms. The van der Waals surface area contributed by atoms with E-state index in [-0.39, 0.29) is 24.2 Å². The van der Waals surface area contributed by atoms with Crippen LogP contribution < -0.4 is 10.5 Å². The Kier molecular flexibility index (Phi) is 4.97. The van der Waals surface area contributed by atoms with E-state index >= 15 is 0 Å². The molecule has 0 aliphatic rings. The molecule has 1 aromatic rings. The van der Waals surface area contributed by atoms with Gasteiger partial charge in [0.1, 0.15) is 0 Å². The van der Waals surface area contributed by atoms with Gasteiger partial charge in [-0.15, -0.1) is 0 Å². The number of hydrogen-bond donors (Lipinski definition) is 2. The summed E-state index contributed by atoms with van der Waals surface area (Å²) in [5.41, 5.74) is 6.19. The standard InChI is InChI=1S/C13H20N2O3/c1-4-15(8-13(14)17)9(2)10-5-6-11(16)12(7-10)18-3/h5-7,9,16H,4,8H2,1-3H3,(H2,14,17). The average Bonchev–Trinajstić information content (AvgIpc) is 2.35. The van der Waals surface area contributed by atoms with Crippen LogP contribution in [-0.4, -0.2) is 36.1 Å². The first-order chi connectivity index (χ1) is 8.49. The molecule has 100 valence electrons. The first-order valence-electron chi connectivity index (χ1n) is 5.88. The van der Waals surface area contributed by atoms with Crippen LogP contribution in [0.4, 0.5) is 0 Å². The lowest BCUT2D eigenvalue weighted by atomic mass is 10.1. The number of benzene rings is 1. The molecule has 3 N–H and O–H groups in total. The molecule has 1 aromatic carbocycles. The molecule has 0 heterocycles. The van der Waals surface area contributed by atoms with E-state index in [1.54, 1.807) is 12.1 Å². The summed E-state index contributed by atoms with van der Waals surface area (Å²) >= 11 is 0. The van der Waals surface area contributed by atoms with Crippen molar-refractivity contribution in [3.8, 4) is 11.5 Å². The number of rotatable bonds is 6. The maximum absolute atomic E-state index is 11.0. The maximum atomic E-state index is 11.0. The predicted octanol–water partition coefficient (Wildman–Crippen LogP) is 1.27. The van der Waals surface area contributed by atoms with Gasteiger partial charge >= 0.3 is 0 Å². The van der Waals surface area contributed by atoms with Gasteiger partial charge in [0, 0.05) is 6.04 Å². The van der Waals surface area contributed by atoms with Gasteiger partial charge in [0.05, 0.1) is 13.7 Å². The number of carbonyl (C=O) groups is 1. The fourth-order valence-corrected chi connectivity index (χ4v) is 1.89. The topological polar surface area (TPSA) is 75.8 Å². The van der Waals surface area contributed by atoms with Gasteiger partial charge in [-0.2, -0.15) is 0 Å². The number of ether oxygens (including phenoxy) is 1. The molecule has 0 aromatic heterocycles. The van der Waals surface area contributed by atoms with Crippen molar-refractivity contribution in [2.24, 2.45) is 5.73 Å². The smallest absolute Gasteiger partial charge is 0.231 e. The lowest BCUT2D eigenvalue weighted by Crippen LogP contribution is -2.35. The highest BCUT2D eigenvalue weighted by molar-refractivity contribution is 5.76. The van der Waals surface area contributed by atoms with Crippen LogP contribution in [0.15, 0.2) is 18.2 Å². The molecular formula is C13H20N2O3. The number of carbonyl (C=O) groups excluding carboxylic acids is 1. The van der Waals surface area contributed by atoms with E-state index in [2.05, 4.69) is 0 Å². The number of likely N-dealkylation sites (N-methyl/N-ethyl adjacent to an activating group) is 1. The zero-order valence-electron chi connectivity index (χ0n) is 11.0. The van der Waals surface area contributed by atoms with Gasteiger partial charge < -0.3 is 15.6 Å². The molecule has 0 radical (unpaired) electrons. The average molecular weight is 252 g/mol. The van der Waals surface area contributed by atoms with E-state index in [1.807, 2.05) is 24.8 Å². The number of phenols is 1. The Morgan fingerprint density at radius 2 is 2.22 bits per heavy atom. The number of nitrogens with zero attached hydrogens (tertiary/aromatic N) is 1. The molecular weight excluding hydrogens is 232 g/mol. The van der Waals surface area contributed by atoms with Gasteiger partial charge in [0.25, 0.3) is 0 Å². The minimum Gasteiger partial charge on any atom is -0.504 e. The Labute approximate surface area is 107 Å². The summed E-state index contributed by atoms with van der Waals surface area (Å²) in [4.78, 5) is 12.9. The maximum Gasteiger partial charge on any atom is 0.231 e. The van der Waals surface area contributed by atoms with Crippen molar-refractivity contribution < 1.29 is 14.6 Å². The third kappa shape index (κ3) is 3.37. The van der Waals surface area contributed by atoms with Gasteiger partial charge in [-0.25, -0.2) is 0 Å². The number of primary amides is 1. The van der Waals surface area contributed by atoms with Crippen LogP contribution in [0.2, 0.25) is 0 Å². The second-order valence-corrected chi connectivity index (χ2v) is 4.14. The molecule has 5 nitrogen and oxygen atoms in total. The number of amides is 1. The largest absolute Gasteiger partial charge is 0.504 e. The Morgan fingerprint density at radius 3 is 2.72 bits per heavy atom. The van der Waals surface area contributed by atoms with E-state index in [9.17, 15) is 9.90 Å².